The van der Waals surface area contributed by atoms with E-state index in [1.807, 2.05) is 0 Å². The summed E-state index contributed by atoms with van der Waals surface area (Å²) in [4.78, 5) is 25.0. The molecule has 0 radical (unpaired) electrons. The van der Waals surface area contributed by atoms with Gasteiger partial charge in [0.25, 0.3) is 0 Å². The average molecular weight is 250 g/mol. The molecule has 0 saturated carbocycles. The molecule has 0 atom stereocenters. The number of hydrogen-bond donors (Lipinski definition) is 1. The number of hydrogen-bond acceptors (Lipinski definition) is 3. The molecule has 5 heteroatoms. The Hall–Kier alpha value is -1.91. The third-order valence-electron chi connectivity index (χ3n) is 3.15. The lowest BCUT2D eigenvalue weighted by Gasteiger charge is -2.18. The van der Waals surface area contributed by atoms with Gasteiger partial charge in [-0.05, 0) is 17.7 Å². The van der Waals surface area contributed by atoms with Crippen LogP contribution in [0.4, 0.5) is 10.1 Å². The van der Waals surface area contributed by atoms with Gasteiger partial charge in [-0.2, -0.15) is 0 Å². The van der Waals surface area contributed by atoms with Gasteiger partial charge in [-0.1, -0.05) is 19.9 Å². The molecular weight excluding hydrogens is 235 g/mol. The molecule has 2 amide bonds. The highest BCUT2D eigenvalue weighted by Crippen LogP contribution is 2.33. The molecular formula is C13H15FN2O2. The highest BCUT2D eigenvalue weighted by molar-refractivity contribution is 6.05. The van der Waals surface area contributed by atoms with E-state index in [4.69, 9.17) is 5.73 Å². The molecule has 1 aromatic rings. The van der Waals surface area contributed by atoms with Crippen molar-refractivity contribution in [3.8, 4) is 0 Å². The summed E-state index contributed by atoms with van der Waals surface area (Å²) < 4.78 is 12.9. The Labute approximate surface area is 105 Å². The van der Waals surface area contributed by atoms with Gasteiger partial charge in [-0.3, -0.25) is 14.5 Å². The Morgan fingerprint density at radius 1 is 1.39 bits per heavy atom. The Bertz CT molecular complexity index is 526. The van der Waals surface area contributed by atoms with E-state index in [0.29, 0.717) is 5.56 Å². The van der Waals surface area contributed by atoms with Crippen molar-refractivity contribution < 1.29 is 14.0 Å². The molecule has 0 aliphatic carbocycles. The summed E-state index contributed by atoms with van der Waals surface area (Å²) in [6.45, 7) is 3.58. The summed E-state index contributed by atoms with van der Waals surface area (Å²) in [6.07, 6.45) is 0.201. The molecule has 18 heavy (non-hydrogen) atoms. The summed E-state index contributed by atoms with van der Waals surface area (Å²) in [5, 5.41) is 0. The smallest absolute Gasteiger partial charge is 0.235 e. The van der Waals surface area contributed by atoms with Crippen LogP contribution in [0.15, 0.2) is 18.2 Å². The Balaban J connectivity index is 2.24. The predicted molar refractivity (Wildman–Crippen MR) is 64.8 cm³/mol. The monoisotopic (exact) mass is 250 g/mol. The number of halogens is 1. The number of anilines is 1. The van der Waals surface area contributed by atoms with Crippen molar-refractivity contribution in [1.29, 1.82) is 0 Å². The van der Waals surface area contributed by atoms with Gasteiger partial charge in [0, 0.05) is 12.1 Å². The van der Waals surface area contributed by atoms with Crippen molar-refractivity contribution in [3.63, 3.8) is 0 Å². The molecule has 1 aliphatic rings. The van der Waals surface area contributed by atoms with Crippen molar-refractivity contribution >= 4 is 17.5 Å². The average Bonchev–Trinajstić information content (AvgIpc) is 2.44. The van der Waals surface area contributed by atoms with Gasteiger partial charge in [0.2, 0.25) is 11.8 Å². The van der Waals surface area contributed by atoms with Crippen molar-refractivity contribution in [2.45, 2.75) is 26.8 Å². The minimum Gasteiger partial charge on any atom is -0.398 e. The Morgan fingerprint density at radius 2 is 2.06 bits per heavy atom. The number of rotatable bonds is 2. The zero-order valence-corrected chi connectivity index (χ0v) is 10.4. The number of amides is 2. The number of nitrogens with zero attached hydrogens (tertiary/aromatic N) is 1. The molecule has 1 heterocycles. The SMILES string of the molecule is CC1(C)CC(=O)N(Cc2ccc(F)cc2N)C1=O. The van der Waals surface area contributed by atoms with Crippen LogP contribution in [0, 0.1) is 11.2 Å². The van der Waals surface area contributed by atoms with Gasteiger partial charge in [-0.25, -0.2) is 4.39 Å². The van der Waals surface area contributed by atoms with Crippen LogP contribution in [-0.2, 0) is 16.1 Å². The lowest BCUT2D eigenvalue weighted by Crippen LogP contribution is -2.32. The van der Waals surface area contributed by atoms with Gasteiger partial charge in [0.05, 0.1) is 12.0 Å². The van der Waals surface area contributed by atoms with E-state index in [1.165, 1.54) is 23.1 Å². The minimum absolute atomic E-state index is 0.104. The topological polar surface area (TPSA) is 63.4 Å². The van der Waals surface area contributed by atoms with E-state index in [0.717, 1.165) is 0 Å². The molecule has 0 unspecified atom stereocenters. The molecule has 0 spiro atoms. The van der Waals surface area contributed by atoms with Crippen molar-refractivity contribution in [2.24, 2.45) is 5.41 Å². The highest BCUT2D eigenvalue weighted by Gasteiger charge is 2.44. The molecule has 0 bridgehead atoms. The summed E-state index contributed by atoms with van der Waals surface area (Å²) in [7, 11) is 0. The van der Waals surface area contributed by atoms with Crippen molar-refractivity contribution in [3.05, 3.63) is 29.6 Å². The molecule has 1 fully saturated rings. The molecule has 2 rings (SSSR count). The zero-order valence-electron chi connectivity index (χ0n) is 10.4. The Morgan fingerprint density at radius 3 is 2.56 bits per heavy atom. The van der Waals surface area contributed by atoms with Crippen LogP contribution in [0.1, 0.15) is 25.8 Å². The van der Waals surface area contributed by atoms with E-state index < -0.39 is 11.2 Å². The third kappa shape index (κ3) is 2.08. The second-order valence-electron chi connectivity index (χ2n) is 5.19. The van der Waals surface area contributed by atoms with Crippen LogP contribution >= 0.6 is 0 Å². The standard InChI is InChI=1S/C13H15FN2O2/c1-13(2)6-11(17)16(12(13)18)7-8-3-4-9(14)5-10(8)15/h3-5H,6-7,15H2,1-2H3. The van der Waals surface area contributed by atoms with E-state index in [1.54, 1.807) is 13.8 Å². The summed E-state index contributed by atoms with van der Waals surface area (Å²) >= 11 is 0. The first-order valence-corrected chi connectivity index (χ1v) is 5.70. The highest BCUT2D eigenvalue weighted by atomic mass is 19.1. The van der Waals surface area contributed by atoms with Crippen molar-refractivity contribution in [2.75, 3.05) is 5.73 Å². The molecule has 0 aromatic heterocycles. The maximum absolute atomic E-state index is 12.9. The normalized spacial score (nSPS) is 18.5. The number of carbonyl (C=O) groups is 2. The third-order valence-corrected chi connectivity index (χ3v) is 3.15. The predicted octanol–water partition coefficient (Wildman–Crippen LogP) is 1.69. The van der Waals surface area contributed by atoms with Gasteiger partial charge < -0.3 is 5.73 Å². The number of nitrogens with two attached hydrogens (primary N) is 1. The van der Waals surface area contributed by atoms with Gasteiger partial charge in [0.1, 0.15) is 5.82 Å². The minimum atomic E-state index is -0.661. The fourth-order valence-corrected chi connectivity index (χ4v) is 2.07. The number of carbonyl (C=O) groups excluding carboxylic acids is 2. The molecule has 4 nitrogen and oxygen atoms in total. The summed E-state index contributed by atoms with van der Waals surface area (Å²) in [5.74, 6) is -0.861. The first kappa shape index (κ1) is 12.5. The quantitative estimate of drug-likeness (QED) is 0.641. The van der Waals surface area contributed by atoms with Crippen LogP contribution in [0.25, 0.3) is 0 Å². The molecule has 1 aliphatic heterocycles. The zero-order chi connectivity index (χ0) is 13.5. The fraction of sp³-hybridized carbons (Fsp3) is 0.385. The van der Waals surface area contributed by atoms with Crippen LogP contribution in [0.3, 0.4) is 0 Å². The molecule has 1 saturated heterocycles. The van der Waals surface area contributed by atoms with Crippen LogP contribution in [-0.4, -0.2) is 16.7 Å². The fourth-order valence-electron chi connectivity index (χ4n) is 2.07. The van der Waals surface area contributed by atoms with Crippen LogP contribution in [0.5, 0.6) is 0 Å². The molecule has 2 N–H and O–H groups in total. The van der Waals surface area contributed by atoms with Gasteiger partial charge in [-0.15, -0.1) is 0 Å². The van der Waals surface area contributed by atoms with Crippen LogP contribution < -0.4 is 5.73 Å². The Kier molecular flexibility index (Phi) is 2.84. The maximum atomic E-state index is 12.9. The van der Waals surface area contributed by atoms with E-state index in [-0.39, 0.29) is 30.5 Å². The van der Waals surface area contributed by atoms with E-state index >= 15 is 0 Å². The number of nitrogen functional groups attached to an aromatic ring is 1. The maximum Gasteiger partial charge on any atom is 0.235 e. The molecule has 96 valence electrons. The summed E-state index contributed by atoms with van der Waals surface area (Å²) in [5.41, 5.74) is 5.84. The van der Waals surface area contributed by atoms with Crippen molar-refractivity contribution in [1.82, 2.24) is 4.90 Å². The summed E-state index contributed by atoms with van der Waals surface area (Å²) in [6, 6.07) is 3.95. The van der Waals surface area contributed by atoms with E-state index in [2.05, 4.69) is 0 Å². The van der Waals surface area contributed by atoms with Gasteiger partial charge >= 0.3 is 0 Å². The second kappa shape index (κ2) is 4.08. The first-order chi connectivity index (χ1) is 8.31. The second-order valence-corrected chi connectivity index (χ2v) is 5.19. The first-order valence-electron chi connectivity index (χ1n) is 5.70. The van der Waals surface area contributed by atoms with Crippen LogP contribution in [0.2, 0.25) is 0 Å². The molecule has 1 aromatic carbocycles. The lowest BCUT2D eigenvalue weighted by molar-refractivity contribution is -0.141. The number of imide groups is 1. The number of likely N-dealkylation sites (tertiary alicyclic amines) is 1. The van der Waals surface area contributed by atoms with Gasteiger partial charge in [0.15, 0.2) is 0 Å². The number of benzene rings is 1. The largest absolute Gasteiger partial charge is 0.398 e. The van der Waals surface area contributed by atoms with E-state index in [9.17, 15) is 14.0 Å². The lowest BCUT2D eigenvalue weighted by atomic mass is 9.92.